The SMILES string of the molecule is CC(C)NCCCCn1ncc(=O)c2ccccc21. The summed E-state index contributed by atoms with van der Waals surface area (Å²) in [6.07, 6.45) is 3.58. The van der Waals surface area contributed by atoms with E-state index in [9.17, 15) is 4.79 Å². The number of fused-ring (bicyclic) bond motifs is 1. The van der Waals surface area contributed by atoms with Gasteiger partial charge < -0.3 is 5.32 Å². The number of benzene rings is 1. The zero-order valence-electron chi connectivity index (χ0n) is 11.6. The Bertz CT molecular complexity index is 589. The van der Waals surface area contributed by atoms with Crippen molar-refractivity contribution in [2.75, 3.05) is 6.54 Å². The number of aromatic nitrogens is 2. The highest BCUT2D eigenvalue weighted by molar-refractivity contribution is 5.77. The Balaban J connectivity index is 2.01. The molecular weight excluding hydrogens is 238 g/mol. The molecule has 0 amide bonds. The van der Waals surface area contributed by atoms with Crippen molar-refractivity contribution in [1.29, 1.82) is 0 Å². The van der Waals surface area contributed by atoms with Crippen LogP contribution in [0.25, 0.3) is 10.9 Å². The number of unbranched alkanes of at least 4 members (excludes halogenated alkanes) is 1. The van der Waals surface area contributed by atoms with Crippen LogP contribution < -0.4 is 10.7 Å². The third-order valence-corrected chi connectivity index (χ3v) is 3.11. The van der Waals surface area contributed by atoms with Gasteiger partial charge in [0.25, 0.3) is 0 Å². The summed E-state index contributed by atoms with van der Waals surface area (Å²) < 4.78 is 1.92. The summed E-state index contributed by atoms with van der Waals surface area (Å²) in [5, 5.41) is 8.37. The molecule has 0 radical (unpaired) electrons. The van der Waals surface area contributed by atoms with Gasteiger partial charge in [-0.15, -0.1) is 0 Å². The predicted octanol–water partition coefficient (Wildman–Crippen LogP) is 2.17. The fourth-order valence-corrected chi connectivity index (χ4v) is 2.12. The number of nitrogens with one attached hydrogen (secondary N) is 1. The molecule has 0 bridgehead atoms. The molecule has 102 valence electrons. The van der Waals surface area contributed by atoms with Crippen molar-refractivity contribution in [2.24, 2.45) is 0 Å². The van der Waals surface area contributed by atoms with Crippen molar-refractivity contribution in [3.63, 3.8) is 0 Å². The summed E-state index contributed by atoms with van der Waals surface area (Å²) in [4.78, 5) is 11.7. The number of hydrogen-bond acceptors (Lipinski definition) is 3. The van der Waals surface area contributed by atoms with Gasteiger partial charge in [-0.3, -0.25) is 9.48 Å². The molecule has 4 nitrogen and oxygen atoms in total. The summed E-state index contributed by atoms with van der Waals surface area (Å²) in [6, 6.07) is 8.18. The average Bonchev–Trinajstić information content (AvgIpc) is 2.41. The van der Waals surface area contributed by atoms with E-state index in [4.69, 9.17) is 0 Å². The third-order valence-electron chi connectivity index (χ3n) is 3.11. The molecule has 1 N–H and O–H groups in total. The standard InChI is InChI=1S/C15H21N3O/c1-12(2)16-9-5-6-10-18-14-8-4-3-7-13(14)15(19)11-17-18/h3-4,7-8,11-12,16H,5-6,9-10H2,1-2H3. The summed E-state index contributed by atoms with van der Waals surface area (Å²) in [7, 11) is 0. The molecule has 0 aliphatic heterocycles. The van der Waals surface area contributed by atoms with Gasteiger partial charge in [-0.25, -0.2) is 0 Å². The fraction of sp³-hybridized carbons (Fsp3) is 0.467. The number of rotatable bonds is 6. The van der Waals surface area contributed by atoms with Crippen molar-refractivity contribution in [2.45, 2.75) is 39.3 Å². The molecule has 19 heavy (non-hydrogen) atoms. The lowest BCUT2D eigenvalue weighted by Gasteiger charge is -2.10. The van der Waals surface area contributed by atoms with Crippen LogP contribution in [-0.2, 0) is 6.54 Å². The smallest absolute Gasteiger partial charge is 0.207 e. The van der Waals surface area contributed by atoms with Gasteiger partial charge in [0.2, 0.25) is 5.43 Å². The molecule has 0 saturated heterocycles. The van der Waals surface area contributed by atoms with E-state index in [1.807, 2.05) is 28.9 Å². The highest BCUT2D eigenvalue weighted by atomic mass is 16.1. The van der Waals surface area contributed by atoms with Gasteiger partial charge in [-0.1, -0.05) is 26.0 Å². The van der Waals surface area contributed by atoms with Gasteiger partial charge in [0.15, 0.2) is 0 Å². The van der Waals surface area contributed by atoms with E-state index in [0.717, 1.165) is 36.8 Å². The van der Waals surface area contributed by atoms with Gasteiger partial charge in [-0.2, -0.15) is 5.10 Å². The van der Waals surface area contributed by atoms with Crippen LogP contribution in [0.15, 0.2) is 35.3 Å². The summed E-state index contributed by atoms with van der Waals surface area (Å²) >= 11 is 0. The minimum Gasteiger partial charge on any atom is -0.315 e. The van der Waals surface area contributed by atoms with E-state index in [1.54, 1.807) is 0 Å². The zero-order valence-corrected chi connectivity index (χ0v) is 11.6. The summed E-state index contributed by atoms with van der Waals surface area (Å²) in [5.41, 5.74) is 0.917. The van der Waals surface area contributed by atoms with Crippen molar-refractivity contribution in [1.82, 2.24) is 15.1 Å². The molecule has 0 unspecified atom stereocenters. The van der Waals surface area contributed by atoms with Gasteiger partial charge in [0.05, 0.1) is 11.7 Å². The van der Waals surface area contributed by atoms with Gasteiger partial charge in [0.1, 0.15) is 0 Å². The molecule has 1 aromatic carbocycles. The van der Waals surface area contributed by atoms with E-state index >= 15 is 0 Å². The Kier molecular flexibility index (Phi) is 4.68. The number of hydrogen-bond donors (Lipinski definition) is 1. The first-order valence-corrected chi connectivity index (χ1v) is 6.87. The lowest BCUT2D eigenvalue weighted by atomic mass is 10.2. The molecule has 0 spiro atoms. The lowest BCUT2D eigenvalue weighted by Crippen LogP contribution is -2.24. The first-order chi connectivity index (χ1) is 9.18. The Morgan fingerprint density at radius 3 is 2.84 bits per heavy atom. The second-order valence-corrected chi connectivity index (χ2v) is 5.07. The molecular formula is C15H21N3O. The van der Waals surface area contributed by atoms with Crippen LogP contribution in [0.5, 0.6) is 0 Å². The van der Waals surface area contributed by atoms with E-state index in [1.165, 1.54) is 6.20 Å². The van der Waals surface area contributed by atoms with Crippen LogP contribution in [0.4, 0.5) is 0 Å². The number of aryl methyl sites for hydroxylation is 1. The molecule has 0 aliphatic rings. The van der Waals surface area contributed by atoms with Gasteiger partial charge >= 0.3 is 0 Å². The first kappa shape index (κ1) is 13.7. The average molecular weight is 259 g/mol. The molecule has 4 heteroatoms. The molecule has 1 heterocycles. The van der Waals surface area contributed by atoms with Crippen LogP contribution in [-0.4, -0.2) is 22.4 Å². The number of nitrogens with zero attached hydrogens (tertiary/aromatic N) is 2. The topological polar surface area (TPSA) is 46.9 Å². The van der Waals surface area contributed by atoms with Crippen LogP contribution in [0.2, 0.25) is 0 Å². The monoisotopic (exact) mass is 259 g/mol. The largest absolute Gasteiger partial charge is 0.315 e. The fourth-order valence-electron chi connectivity index (χ4n) is 2.12. The van der Waals surface area contributed by atoms with E-state index in [0.29, 0.717) is 6.04 Å². The second-order valence-electron chi connectivity index (χ2n) is 5.07. The molecule has 0 aliphatic carbocycles. The normalized spacial score (nSPS) is 11.3. The Morgan fingerprint density at radius 2 is 2.05 bits per heavy atom. The van der Waals surface area contributed by atoms with Crippen LogP contribution in [0, 0.1) is 0 Å². The van der Waals surface area contributed by atoms with Crippen molar-refractivity contribution >= 4 is 10.9 Å². The van der Waals surface area contributed by atoms with E-state index in [2.05, 4.69) is 24.3 Å². The van der Waals surface area contributed by atoms with E-state index < -0.39 is 0 Å². The van der Waals surface area contributed by atoms with Crippen LogP contribution in [0.1, 0.15) is 26.7 Å². The lowest BCUT2D eigenvalue weighted by molar-refractivity contribution is 0.516. The summed E-state index contributed by atoms with van der Waals surface area (Å²) in [5.74, 6) is 0. The Morgan fingerprint density at radius 1 is 1.26 bits per heavy atom. The maximum atomic E-state index is 11.7. The first-order valence-electron chi connectivity index (χ1n) is 6.87. The van der Waals surface area contributed by atoms with E-state index in [-0.39, 0.29) is 5.43 Å². The van der Waals surface area contributed by atoms with Gasteiger partial charge in [-0.05, 0) is 31.5 Å². The zero-order chi connectivity index (χ0) is 13.7. The van der Waals surface area contributed by atoms with Crippen LogP contribution in [0.3, 0.4) is 0 Å². The second kappa shape index (κ2) is 6.48. The van der Waals surface area contributed by atoms with Crippen molar-refractivity contribution < 1.29 is 0 Å². The van der Waals surface area contributed by atoms with Crippen LogP contribution >= 0.6 is 0 Å². The quantitative estimate of drug-likeness (QED) is 0.809. The molecule has 1 aromatic heterocycles. The molecule has 2 rings (SSSR count). The maximum absolute atomic E-state index is 11.7. The number of para-hydroxylation sites is 1. The molecule has 0 atom stereocenters. The summed E-state index contributed by atoms with van der Waals surface area (Å²) in [6.45, 7) is 6.17. The predicted molar refractivity (Wildman–Crippen MR) is 78.4 cm³/mol. The third kappa shape index (κ3) is 3.64. The van der Waals surface area contributed by atoms with Crippen molar-refractivity contribution in [3.05, 3.63) is 40.7 Å². The Labute approximate surface area is 113 Å². The highest BCUT2D eigenvalue weighted by Gasteiger charge is 2.02. The molecule has 0 fully saturated rings. The Hall–Kier alpha value is -1.68. The minimum atomic E-state index is -0.00618. The van der Waals surface area contributed by atoms with Gasteiger partial charge in [0, 0.05) is 18.0 Å². The minimum absolute atomic E-state index is 0.00618. The van der Waals surface area contributed by atoms with Crippen molar-refractivity contribution in [3.8, 4) is 0 Å². The molecule has 0 saturated carbocycles. The highest BCUT2D eigenvalue weighted by Crippen LogP contribution is 2.08. The molecule has 2 aromatic rings. The maximum Gasteiger partial charge on any atom is 0.207 e.